The summed E-state index contributed by atoms with van der Waals surface area (Å²) in [5, 5.41) is 0. The summed E-state index contributed by atoms with van der Waals surface area (Å²) in [6.07, 6.45) is 6.61. The maximum Gasteiger partial charge on any atom is 0.240 e. The van der Waals surface area contributed by atoms with Crippen molar-refractivity contribution in [2.24, 2.45) is 0 Å². The molecule has 0 aliphatic heterocycles. The van der Waals surface area contributed by atoms with Crippen LogP contribution in [-0.4, -0.2) is 18.4 Å². The molecule has 0 bridgehead atoms. The van der Waals surface area contributed by atoms with E-state index in [1.165, 1.54) is 0 Å². The SMILES string of the molecule is O=S(=O)(NCc1ccncc1)c1ccc(C#Cc2cccnc2)cc1. The Morgan fingerprint density at radius 3 is 2.24 bits per heavy atom. The second-order valence-electron chi connectivity index (χ2n) is 5.20. The van der Waals surface area contributed by atoms with Crippen LogP contribution in [0.4, 0.5) is 0 Å². The molecule has 0 saturated heterocycles. The molecule has 3 aromatic rings. The zero-order valence-electron chi connectivity index (χ0n) is 13.3. The molecular weight excluding hydrogens is 334 g/mol. The van der Waals surface area contributed by atoms with E-state index < -0.39 is 10.0 Å². The van der Waals surface area contributed by atoms with Gasteiger partial charge >= 0.3 is 0 Å². The molecule has 0 aliphatic rings. The lowest BCUT2D eigenvalue weighted by Crippen LogP contribution is -2.23. The van der Waals surface area contributed by atoms with E-state index in [9.17, 15) is 8.42 Å². The van der Waals surface area contributed by atoms with E-state index in [-0.39, 0.29) is 11.4 Å². The van der Waals surface area contributed by atoms with Crippen LogP contribution in [0.1, 0.15) is 16.7 Å². The van der Waals surface area contributed by atoms with Crippen molar-refractivity contribution in [2.75, 3.05) is 0 Å². The van der Waals surface area contributed by atoms with E-state index in [1.54, 1.807) is 61.2 Å². The van der Waals surface area contributed by atoms with Gasteiger partial charge < -0.3 is 0 Å². The molecular formula is C19H15N3O2S. The van der Waals surface area contributed by atoms with Crippen LogP contribution >= 0.6 is 0 Å². The summed E-state index contributed by atoms with van der Waals surface area (Å²) >= 11 is 0. The molecule has 1 aromatic carbocycles. The van der Waals surface area contributed by atoms with Gasteiger partial charge in [-0.1, -0.05) is 11.8 Å². The van der Waals surface area contributed by atoms with Gasteiger partial charge in [0.05, 0.1) is 4.90 Å². The summed E-state index contributed by atoms with van der Waals surface area (Å²) in [6, 6.07) is 13.7. The molecule has 0 radical (unpaired) electrons. The Hall–Kier alpha value is -3.01. The zero-order valence-corrected chi connectivity index (χ0v) is 14.1. The van der Waals surface area contributed by atoms with Gasteiger partial charge in [-0.15, -0.1) is 0 Å². The Kier molecular flexibility index (Phi) is 5.19. The molecule has 0 amide bonds. The van der Waals surface area contributed by atoms with Crippen molar-refractivity contribution < 1.29 is 8.42 Å². The first-order valence-corrected chi connectivity index (χ1v) is 9.02. The number of nitrogens with one attached hydrogen (secondary N) is 1. The smallest absolute Gasteiger partial charge is 0.240 e. The summed E-state index contributed by atoms with van der Waals surface area (Å²) in [6.45, 7) is 0.216. The van der Waals surface area contributed by atoms with Gasteiger partial charge in [0.15, 0.2) is 0 Å². The molecule has 0 spiro atoms. The largest absolute Gasteiger partial charge is 0.265 e. The molecule has 124 valence electrons. The number of rotatable bonds is 4. The Morgan fingerprint density at radius 1 is 0.840 bits per heavy atom. The average molecular weight is 349 g/mol. The van der Waals surface area contributed by atoms with Gasteiger partial charge in [0.2, 0.25) is 10.0 Å². The summed E-state index contributed by atoms with van der Waals surface area (Å²) in [7, 11) is -3.57. The minimum Gasteiger partial charge on any atom is -0.265 e. The highest BCUT2D eigenvalue weighted by Gasteiger charge is 2.13. The van der Waals surface area contributed by atoms with E-state index in [2.05, 4.69) is 26.5 Å². The maximum atomic E-state index is 12.3. The third kappa shape index (κ3) is 4.73. The minimum atomic E-state index is -3.57. The second kappa shape index (κ2) is 7.71. The van der Waals surface area contributed by atoms with E-state index in [1.807, 2.05) is 12.1 Å². The van der Waals surface area contributed by atoms with E-state index >= 15 is 0 Å². The van der Waals surface area contributed by atoms with Crippen LogP contribution in [0.25, 0.3) is 0 Å². The molecule has 2 heterocycles. The molecule has 3 rings (SSSR count). The van der Waals surface area contributed by atoms with Crippen LogP contribution in [0.2, 0.25) is 0 Å². The minimum absolute atomic E-state index is 0.202. The maximum absolute atomic E-state index is 12.3. The van der Waals surface area contributed by atoms with Gasteiger partial charge in [0.25, 0.3) is 0 Å². The molecule has 0 fully saturated rings. The summed E-state index contributed by atoms with van der Waals surface area (Å²) in [5.41, 5.74) is 2.38. The summed E-state index contributed by atoms with van der Waals surface area (Å²) in [5.74, 6) is 5.97. The number of pyridine rings is 2. The van der Waals surface area contributed by atoms with E-state index in [0.29, 0.717) is 0 Å². The first kappa shape index (κ1) is 16.8. The monoisotopic (exact) mass is 349 g/mol. The van der Waals surface area contributed by atoms with Crippen LogP contribution < -0.4 is 4.72 Å². The Labute approximate surface area is 146 Å². The number of benzene rings is 1. The fourth-order valence-corrected chi connectivity index (χ4v) is 3.08. The van der Waals surface area contributed by atoms with Gasteiger partial charge in [-0.05, 0) is 54.1 Å². The third-order valence-corrected chi connectivity index (χ3v) is 4.81. The van der Waals surface area contributed by atoms with Gasteiger partial charge in [-0.3, -0.25) is 9.97 Å². The van der Waals surface area contributed by atoms with E-state index in [0.717, 1.165) is 16.7 Å². The molecule has 0 aliphatic carbocycles. The average Bonchev–Trinajstić information content (AvgIpc) is 2.67. The molecule has 0 atom stereocenters. The quantitative estimate of drug-likeness (QED) is 0.734. The number of sulfonamides is 1. The predicted molar refractivity (Wildman–Crippen MR) is 94.9 cm³/mol. The molecule has 0 unspecified atom stereocenters. The van der Waals surface area contributed by atoms with Crippen molar-refractivity contribution in [1.29, 1.82) is 0 Å². The fraction of sp³-hybridized carbons (Fsp3) is 0.0526. The number of aromatic nitrogens is 2. The highest BCUT2D eigenvalue weighted by Crippen LogP contribution is 2.11. The van der Waals surface area contributed by atoms with Crippen LogP contribution in [0.5, 0.6) is 0 Å². The lowest BCUT2D eigenvalue weighted by atomic mass is 10.2. The van der Waals surface area contributed by atoms with Gasteiger partial charge in [-0.25, -0.2) is 13.1 Å². The number of nitrogens with zero attached hydrogens (tertiary/aromatic N) is 2. The highest BCUT2D eigenvalue weighted by atomic mass is 32.2. The van der Waals surface area contributed by atoms with Crippen LogP contribution in [-0.2, 0) is 16.6 Å². The molecule has 25 heavy (non-hydrogen) atoms. The highest BCUT2D eigenvalue weighted by molar-refractivity contribution is 7.89. The van der Waals surface area contributed by atoms with Gasteiger partial charge in [0.1, 0.15) is 0 Å². The van der Waals surface area contributed by atoms with Gasteiger partial charge in [-0.2, -0.15) is 0 Å². The molecule has 0 saturated carbocycles. The Bertz CT molecular complexity index is 991. The Balaban J connectivity index is 1.70. The van der Waals surface area contributed by atoms with Crippen LogP contribution in [0.3, 0.4) is 0 Å². The first-order valence-electron chi connectivity index (χ1n) is 7.54. The first-order chi connectivity index (χ1) is 12.1. The normalized spacial score (nSPS) is 10.7. The summed E-state index contributed by atoms with van der Waals surface area (Å²) < 4.78 is 27.2. The third-order valence-electron chi connectivity index (χ3n) is 3.39. The standard InChI is InChI=1S/C19H15N3O2S/c23-25(24,22-15-18-9-12-20-13-10-18)19-7-5-16(6-8-19)3-4-17-2-1-11-21-14-17/h1-2,5-14,22H,15H2. The second-order valence-corrected chi connectivity index (χ2v) is 6.96. The molecule has 1 N–H and O–H groups in total. The van der Waals surface area contributed by atoms with Crippen LogP contribution in [0.15, 0.2) is 78.2 Å². The fourth-order valence-electron chi connectivity index (χ4n) is 2.06. The summed E-state index contributed by atoms with van der Waals surface area (Å²) in [4.78, 5) is 8.10. The molecule has 5 nitrogen and oxygen atoms in total. The number of hydrogen-bond donors (Lipinski definition) is 1. The van der Waals surface area contributed by atoms with Gasteiger partial charge in [0, 0.05) is 42.5 Å². The van der Waals surface area contributed by atoms with Crippen molar-refractivity contribution in [3.05, 3.63) is 90.0 Å². The van der Waals surface area contributed by atoms with Crippen molar-refractivity contribution in [3.8, 4) is 11.8 Å². The van der Waals surface area contributed by atoms with Crippen molar-refractivity contribution >= 4 is 10.0 Å². The lowest BCUT2D eigenvalue weighted by molar-refractivity contribution is 0.581. The predicted octanol–water partition coefficient (Wildman–Crippen LogP) is 2.35. The van der Waals surface area contributed by atoms with Crippen LogP contribution in [0, 0.1) is 11.8 Å². The van der Waals surface area contributed by atoms with Crippen molar-refractivity contribution in [1.82, 2.24) is 14.7 Å². The topological polar surface area (TPSA) is 72.0 Å². The lowest BCUT2D eigenvalue weighted by Gasteiger charge is -2.06. The Morgan fingerprint density at radius 2 is 1.56 bits per heavy atom. The molecule has 6 heteroatoms. The zero-order chi connectivity index (χ0) is 17.5. The number of hydrogen-bond acceptors (Lipinski definition) is 4. The van der Waals surface area contributed by atoms with Crippen molar-refractivity contribution in [3.63, 3.8) is 0 Å². The van der Waals surface area contributed by atoms with Crippen molar-refractivity contribution in [2.45, 2.75) is 11.4 Å². The molecule has 2 aromatic heterocycles. The van der Waals surface area contributed by atoms with E-state index in [4.69, 9.17) is 0 Å².